The fraction of sp³-hybridized carbons (Fsp3) is 0.111. The Labute approximate surface area is 91.3 Å². The third-order valence-electron chi connectivity index (χ3n) is 1.48. The van der Waals surface area contributed by atoms with Gasteiger partial charge in [-0.2, -0.15) is 0 Å². The van der Waals surface area contributed by atoms with Crippen molar-refractivity contribution in [1.82, 2.24) is 4.98 Å². The van der Waals surface area contributed by atoms with Gasteiger partial charge in [0, 0.05) is 12.3 Å². The van der Waals surface area contributed by atoms with E-state index >= 15 is 0 Å². The molecule has 1 rings (SSSR count). The first-order chi connectivity index (χ1) is 6.65. The summed E-state index contributed by atoms with van der Waals surface area (Å²) in [5.74, 6) is -0.450. The molecule has 0 saturated carbocycles. The SMILES string of the molecule is COC(=O)C=Cc1ccnc(Cl)c1Cl. The first kappa shape index (κ1) is 11.0. The zero-order valence-corrected chi connectivity index (χ0v) is 8.84. The molecule has 1 heterocycles. The Morgan fingerprint density at radius 3 is 2.93 bits per heavy atom. The number of hydrogen-bond donors (Lipinski definition) is 0. The van der Waals surface area contributed by atoms with Crippen molar-refractivity contribution in [3.8, 4) is 0 Å². The summed E-state index contributed by atoms with van der Waals surface area (Å²) in [6, 6.07) is 1.65. The number of halogens is 2. The molecule has 0 amide bonds. The van der Waals surface area contributed by atoms with Crippen LogP contribution in [0.5, 0.6) is 0 Å². The summed E-state index contributed by atoms with van der Waals surface area (Å²) in [6.45, 7) is 0. The summed E-state index contributed by atoms with van der Waals surface area (Å²) in [7, 11) is 1.30. The molecule has 0 aliphatic carbocycles. The quantitative estimate of drug-likeness (QED) is 0.447. The molecule has 0 spiro atoms. The van der Waals surface area contributed by atoms with E-state index in [1.165, 1.54) is 25.5 Å². The average molecular weight is 232 g/mol. The van der Waals surface area contributed by atoms with E-state index in [0.29, 0.717) is 10.6 Å². The summed E-state index contributed by atoms with van der Waals surface area (Å²) in [4.78, 5) is 14.6. The predicted molar refractivity (Wildman–Crippen MR) is 55.3 cm³/mol. The maximum atomic E-state index is 10.8. The van der Waals surface area contributed by atoms with Crippen molar-refractivity contribution >= 4 is 35.2 Å². The van der Waals surface area contributed by atoms with Crippen LogP contribution in [0.1, 0.15) is 5.56 Å². The minimum Gasteiger partial charge on any atom is -0.466 e. The third kappa shape index (κ3) is 2.72. The van der Waals surface area contributed by atoms with Crippen LogP contribution in [0.2, 0.25) is 10.2 Å². The Hall–Kier alpha value is -1.06. The van der Waals surface area contributed by atoms with E-state index in [4.69, 9.17) is 23.2 Å². The lowest BCUT2D eigenvalue weighted by Crippen LogP contribution is -1.93. The van der Waals surface area contributed by atoms with Crippen LogP contribution >= 0.6 is 23.2 Å². The van der Waals surface area contributed by atoms with Gasteiger partial charge in [0.25, 0.3) is 0 Å². The van der Waals surface area contributed by atoms with Crippen LogP contribution in [0.15, 0.2) is 18.3 Å². The normalized spacial score (nSPS) is 10.5. The molecule has 0 N–H and O–H groups in total. The van der Waals surface area contributed by atoms with Crippen LogP contribution in [-0.2, 0) is 9.53 Å². The fourth-order valence-corrected chi connectivity index (χ4v) is 1.13. The molecular formula is C9H7Cl2NO2. The van der Waals surface area contributed by atoms with E-state index in [1.807, 2.05) is 0 Å². The lowest BCUT2D eigenvalue weighted by atomic mass is 10.2. The second-order valence-corrected chi connectivity index (χ2v) is 3.10. The fourth-order valence-electron chi connectivity index (χ4n) is 0.787. The van der Waals surface area contributed by atoms with Gasteiger partial charge in [-0.25, -0.2) is 9.78 Å². The second-order valence-electron chi connectivity index (χ2n) is 2.36. The van der Waals surface area contributed by atoms with Gasteiger partial charge >= 0.3 is 5.97 Å². The standard InChI is InChI=1S/C9H7Cl2NO2/c1-14-7(13)3-2-6-4-5-12-9(11)8(6)10/h2-5H,1H3. The number of hydrogen-bond acceptors (Lipinski definition) is 3. The van der Waals surface area contributed by atoms with Gasteiger partial charge in [-0.15, -0.1) is 0 Å². The summed E-state index contributed by atoms with van der Waals surface area (Å²) < 4.78 is 4.42. The van der Waals surface area contributed by atoms with E-state index in [1.54, 1.807) is 6.07 Å². The molecule has 0 saturated heterocycles. The Kier molecular flexibility index (Phi) is 3.92. The highest BCUT2D eigenvalue weighted by Gasteiger charge is 2.02. The lowest BCUT2D eigenvalue weighted by Gasteiger charge is -1.98. The number of ether oxygens (including phenoxy) is 1. The number of carbonyl (C=O) groups is 1. The molecule has 74 valence electrons. The predicted octanol–water partition coefficient (Wildman–Crippen LogP) is 2.57. The highest BCUT2D eigenvalue weighted by Crippen LogP contribution is 2.23. The molecule has 0 radical (unpaired) electrons. The summed E-state index contributed by atoms with van der Waals surface area (Å²) in [5.41, 5.74) is 0.622. The van der Waals surface area contributed by atoms with Gasteiger partial charge in [0.05, 0.1) is 12.1 Å². The summed E-state index contributed by atoms with van der Waals surface area (Å²) >= 11 is 11.5. The average Bonchev–Trinajstić information content (AvgIpc) is 2.20. The lowest BCUT2D eigenvalue weighted by molar-refractivity contribution is -0.134. The molecule has 3 nitrogen and oxygen atoms in total. The largest absolute Gasteiger partial charge is 0.466 e. The highest BCUT2D eigenvalue weighted by atomic mass is 35.5. The molecule has 1 aromatic rings. The Bertz CT molecular complexity index is 377. The van der Waals surface area contributed by atoms with Crippen molar-refractivity contribution in [2.75, 3.05) is 7.11 Å². The number of rotatable bonds is 2. The molecule has 5 heteroatoms. The molecule has 14 heavy (non-hydrogen) atoms. The number of nitrogens with zero attached hydrogens (tertiary/aromatic N) is 1. The zero-order chi connectivity index (χ0) is 10.6. The molecule has 0 aliphatic rings. The molecule has 1 aromatic heterocycles. The number of aromatic nitrogens is 1. The third-order valence-corrected chi connectivity index (χ3v) is 2.26. The molecule has 0 atom stereocenters. The van der Waals surface area contributed by atoms with Crippen molar-refractivity contribution in [1.29, 1.82) is 0 Å². The van der Waals surface area contributed by atoms with Crippen LogP contribution in [0, 0.1) is 0 Å². The van der Waals surface area contributed by atoms with Crippen molar-refractivity contribution in [3.63, 3.8) is 0 Å². The van der Waals surface area contributed by atoms with Crippen LogP contribution < -0.4 is 0 Å². The molecule has 0 aromatic carbocycles. The van der Waals surface area contributed by atoms with Gasteiger partial charge in [0.2, 0.25) is 0 Å². The van der Waals surface area contributed by atoms with Gasteiger partial charge in [-0.05, 0) is 17.7 Å². The Morgan fingerprint density at radius 1 is 1.57 bits per heavy atom. The number of carbonyl (C=O) groups excluding carboxylic acids is 1. The van der Waals surface area contributed by atoms with Gasteiger partial charge < -0.3 is 4.74 Å². The summed E-state index contributed by atoms with van der Waals surface area (Å²) in [5, 5.41) is 0.521. The Morgan fingerprint density at radius 2 is 2.29 bits per heavy atom. The first-order valence-electron chi connectivity index (χ1n) is 3.71. The minimum atomic E-state index is -0.450. The van der Waals surface area contributed by atoms with Crippen LogP contribution in [0.4, 0.5) is 0 Å². The van der Waals surface area contributed by atoms with Crippen molar-refractivity contribution in [2.45, 2.75) is 0 Å². The molecule has 0 aliphatic heterocycles. The smallest absolute Gasteiger partial charge is 0.330 e. The summed E-state index contributed by atoms with van der Waals surface area (Å²) in [6.07, 6.45) is 4.28. The first-order valence-corrected chi connectivity index (χ1v) is 4.46. The molecular weight excluding hydrogens is 225 g/mol. The van der Waals surface area contributed by atoms with Crippen molar-refractivity contribution in [3.05, 3.63) is 34.1 Å². The second kappa shape index (κ2) is 4.98. The molecule has 0 bridgehead atoms. The highest BCUT2D eigenvalue weighted by molar-refractivity contribution is 6.42. The number of pyridine rings is 1. The van der Waals surface area contributed by atoms with Gasteiger partial charge in [-0.1, -0.05) is 23.2 Å². The van der Waals surface area contributed by atoms with Gasteiger partial charge in [-0.3, -0.25) is 0 Å². The minimum absolute atomic E-state index is 0.207. The van der Waals surface area contributed by atoms with Crippen LogP contribution in [0.3, 0.4) is 0 Å². The maximum Gasteiger partial charge on any atom is 0.330 e. The molecule has 0 fully saturated rings. The number of methoxy groups -OCH3 is 1. The monoisotopic (exact) mass is 231 g/mol. The van der Waals surface area contributed by atoms with E-state index in [9.17, 15) is 4.79 Å². The van der Waals surface area contributed by atoms with Crippen molar-refractivity contribution < 1.29 is 9.53 Å². The Balaban J connectivity index is 2.92. The van der Waals surface area contributed by atoms with Gasteiger partial charge in [0.15, 0.2) is 0 Å². The van der Waals surface area contributed by atoms with Gasteiger partial charge in [0.1, 0.15) is 5.15 Å². The van der Waals surface area contributed by atoms with Crippen LogP contribution in [0.25, 0.3) is 6.08 Å². The maximum absolute atomic E-state index is 10.8. The van der Waals surface area contributed by atoms with E-state index in [-0.39, 0.29) is 5.15 Å². The molecule has 0 unspecified atom stereocenters. The van der Waals surface area contributed by atoms with Crippen LogP contribution in [-0.4, -0.2) is 18.1 Å². The van der Waals surface area contributed by atoms with E-state index in [0.717, 1.165) is 0 Å². The zero-order valence-electron chi connectivity index (χ0n) is 7.33. The topological polar surface area (TPSA) is 39.2 Å². The van der Waals surface area contributed by atoms with E-state index < -0.39 is 5.97 Å². The van der Waals surface area contributed by atoms with Crippen molar-refractivity contribution in [2.24, 2.45) is 0 Å². The van der Waals surface area contributed by atoms with E-state index in [2.05, 4.69) is 9.72 Å². The number of esters is 1.